The van der Waals surface area contributed by atoms with Crippen molar-refractivity contribution in [2.45, 2.75) is 57.3 Å². The van der Waals surface area contributed by atoms with Crippen molar-refractivity contribution >= 4 is 40.9 Å². The summed E-state index contributed by atoms with van der Waals surface area (Å²) in [5.41, 5.74) is -1.10. The van der Waals surface area contributed by atoms with E-state index in [9.17, 15) is 14.7 Å². The molecule has 2 fully saturated rings. The highest BCUT2D eigenvalue weighted by Crippen LogP contribution is 2.72. The molecule has 1 aromatic carbocycles. The molecule has 3 atom stereocenters. The molecular formula is C25H25Cl2FN2O3. The van der Waals surface area contributed by atoms with E-state index in [0.717, 1.165) is 12.8 Å². The normalized spacial score (nSPS) is 29.3. The van der Waals surface area contributed by atoms with Crippen molar-refractivity contribution in [1.82, 2.24) is 4.98 Å². The number of carboxylic acids is 1. The van der Waals surface area contributed by atoms with Crippen LogP contribution in [0.3, 0.4) is 0 Å². The summed E-state index contributed by atoms with van der Waals surface area (Å²) in [6.07, 6.45) is 3.30. The van der Waals surface area contributed by atoms with Gasteiger partial charge in [-0.25, -0.2) is 9.37 Å². The summed E-state index contributed by atoms with van der Waals surface area (Å²) in [6.45, 7) is 4.38. The Morgan fingerprint density at radius 3 is 2.52 bits per heavy atom. The number of nitrogens with zero attached hydrogens (tertiary/aromatic N) is 1. The second-order valence-electron chi connectivity index (χ2n) is 10.5. The van der Waals surface area contributed by atoms with E-state index in [1.807, 2.05) is 0 Å². The zero-order valence-corrected chi connectivity index (χ0v) is 19.9. The molecule has 2 heterocycles. The van der Waals surface area contributed by atoms with Crippen molar-refractivity contribution < 1.29 is 19.1 Å². The van der Waals surface area contributed by atoms with Gasteiger partial charge in [0.1, 0.15) is 16.8 Å². The maximum Gasteiger partial charge on any atom is 0.307 e. The minimum atomic E-state index is -1.29. The minimum absolute atomic E-state index is 0.0840. The van der Waals surface area contributed by atoms with Gasteiger partial charge in [0, 0.05) is 11.5 Å². The Bertz CT molecular complexity index is 1170. The lowest BCUT2D eigenvalue weighted by Crippen LogP contribution is -2.52. The third kappa shape index (κ3) is 3.06. The molecule has 174 valence electrons. The largest absolute Gasteiger partial charge is 0.481 e. The molecule has 0 unspecified atom stereocenters. The number of pyridine rings is 1. The van der Waals surface area contributed by atoms with E-state index in [-0.39, 0.29) is 33.5 Å². The number of carbonyl (C=O) groups excluding carboxylic acids is 1. The highest BCUT2D eigenvalue weighted by Gasteiger charge is 2.73. The SMILES string of the molecule is CC1(C)CCC2(CC1)C[C@@H](C(=O)O)[C@H](c1cccc(Cl)c1F)[C@]21C(=O)Nc2nc(Cl)ccc21. The summed E-state index contributed by atoms with van der Waals surface area (Å²) >= 11 is 12.3. The number of aromatic nitrogens is 1. The molecule has 2 aliphatic carbocycles. The molecular weight excluding hydrogens is 466 g/mol. The van der Waals surface area contributed by atoms with E-state index in [1.54, 1.807) is 24.3 Å². The van der Waals surface area contributed by atoms with Crippen LogP contribution in [-0.2, 0) is 15.0 Å². The van der Waals surface area contributed by atoms with Gasteiger partial charge in [-0.3, -0.25) is 9.59 Å². The first-order valence-corrected chi connectivity index (χ1v) is 11.9. The lowest BCUT2D eigenvalue weighted by atomic mass is 9.51. The van der Waals surface area contributed by atoms with E-state index in [0.29, 0.717) is 24.2 Å². The first-order valence-electron chi connectivity index (χ1n) is 11.2. The molecule has 2 spiro atoms. The number of amides is 1. The molecule has 2 aromatic rings. The van der Waals surface area contributed by atoms with Crippen LogP contribution in [0.15, 0.2) is 30.3 Å². The van der Waals surface area contributed by atoms with E-state index in [1.165, 1.54) is 6.07 Å². The van der Waals surface area contributed by atoms with E-state index >= 15 is 4.39 Å². The second-order valence-corrected chi connectivity index (χ2v) is 11.3. The van der Waals surface area contributed by atoms with Crippen LogP contribution in [0.1, 0.15) is 63.0 Å². The molecule has 3 aliphatic rings. The quantitative estimate of drug-likeness (QED) is 0.491. The molecule has 1 aromatic heterocycles. The van der Waals surface area contributed by atoms with Crippen LogP contribution < -0.4 is 5.32 Å². The van der Waals surface area contributed by atoms with Crippen LogP contribution in [-0.4, -0.2) is 22.0 Å². The monoisotopic (exact) mass is 490 g/mol. The topological polar surface area (TPSA) is 79.3 Å². The number of anilines is 1. The summed E-state index contributed by atoms with van der Waals surface area (Å²) in [6, 6.07) is 7.97. The average Bonchev–Trinajstić information content (AvgIpc) is 3.20. The summed E-state index contributed by atoms with van der Waals surface area (Å²) < 4.78 is 15.5. The van der Waals surface area contributed by atoms with Gasteiger partial charge in [-0.1, -0.05) is 55.2 Å². The van der Waals surface area contributed by atoms with Crippen LogP contribution in [0.25, 0.3) is 0 Å². The van der Waals surface area contributed by atoms with Gasteiger partial charge in [-0.2, -0.15) is 0 Å². The molecule has 1 aliphatic heterocycles. The molecule has 2 saturated carbocycles. The number of fused-ring (bicyclic) bond motifs is 3. The lowest BCUT2D eigenvalue weighted by Gasteiger charge is -2.50. The first-order chi connectivity index (χ1) is 15.5. The fourth-order valence-corrected chi connectivity index (χ4v) is 7.12. The number of carboxylic acid groups (broad SMARTS) is 1. The maximum absolute atomic E-state index is 15.5. The Hall–Kier alpha value is -2.18. The molecule has 5 rings (SSSR count). The fourth-order valence-electron chi connectivity index (χ4n) is 6.79. The second kappa shape index (κ2) is 7.41. The van der Waals surface area contributed by atoms with Gasteiger partial charge in [-0.05, 0) is 60.6 Å². The van der Waals surface area contributed by atoms with Gasteiger partial charge in [0.15, 0.2) is 0 Å². The maximum atomic E-state index is 15.5. The highest BCUT2D eigenvalue weighted by atomic mass is 35.5. The molecule has 0 radical (unpaired) electrons. The summed E-state index contributed by atoms with van der Waals surface area (Å²) in [5.74, 6) is -3.60. The van der Waals surface area contributed by atoms with Crippen LogP contribution in [0.5, 0.6) is 0 Å². The predicted octanol–water partition coefficient (Wildman–Crippen LogP) is 6.19. The van der Waals surface area contributed by atoms with Crippen molar-refractivity contribution in [2.75, 3.05) is 5.32 Å². The van der Waals surface area contributed by atoms with Crippen molar-refractivity contribution in [1.29, 1.82) is 0 Å². The third-order valence-corrected chi connectivity index (χ3v) is 8.89. The Labute approximate surface area is 201 Å². The third-order valence-electron chi connectivity index (χ3n) is 8.39. The van der Waals surface area contributed by atoms with E-state index < -0.39 is 34.5 Å². The summed E-state index contributed by atoms with van der Waals surface area (Å²) in [7, 11) is 0. The van der Waals surface area contributed by atoms with Gasteiger partial charge in [-0.15, -0.1) is 0 Å². The molecule has 0 bridgehead atoms. The first kappa shape index (κ1) is 22.6. The standard InChI is InChI=1S/C25H25Cl2FN2O3/c1-23(2)8-10-24(11-9-23)12-14(21(31)32)18(13-4-3-5-16(26)19(13)28)25(24)15-6-7-17(27)29-20(15)30-22(25)33/h3-7,14,18H,8-12H2,1-2H3,(H,31,32)(H,29,30,33)/t14-,18+,25-/m1/s1. The summed E-state index contributed by atoms with van der Waals surface area (Å²) in [5, 5.41) is 13.3. The van der Waals surface area contributed by atoms with Gasteiger partial charge in [0.2, 0.25) is 5.91 Å². The van der Waals surface area contributed by atoms with Gasteiger partial charge < -0.3 is 10.4 Å². The van der Waals surface area contributed by atoms with Crippen LogP contribution in [0.2, 0.25) is 10.2 Å². The molecule has 33 heavy (non-hydrogen) atoms. The molecule has 2 N–H and O–H groups in total. The van der Waals surface area contributed by atoms with Crippen molar-refractivity contribution in [3.63, 3.8) is 0 Å². The fraction of sp³-hybridized carbons (Fsp3) is 0.480. The Morgan fingerprint density at radius 1 is 1.15 bits per heavy atom. The van der Waals surface area contributed by atoms with E-state index in [4.69, 9.17) is 23.2 Å². The van der Waals surface area contributed by atoms with Crippen LogP contribution in [0, 0.1) is 22.6 Å². The molecule has 1 amide bonds. The van der Waals surface area contributed by atoms with Crippen molar-refractivity contribution in [3.05, 3.63) is 57.5 Å². The number of benzene rings is 1. The molecule has 0 saturated heterocycles. The molecule has 5 nitrogen and oxygen atoms in total. The highest BCUT2D eigenvalue weighted by molar-refractivity contribution is 6.31. The Balaban J connectivity index is 1.83. The Morgan fingerprint density at radius 2 is 1.85 bits per heavy atom. The van der Waals surface area contributed by atoms with Crippen molar-refractivity contribution in [3.8, 4) is 0 Å². The smallest absolute Gasteiger partial charge is 0.307 e. The van der Waals surface area contributed by atoms with Crippen molar-refractivity contribution in [2.24, 2.45) is 16.7 Å². The number of halogens is 3. The number of hydrogen-bond acceptors (Lipinski definition) is 3. The van der Waals surface area contributed by atoms with Crippen LogP contribution in [0.4, 0.5) is 10.2 Å². The minimum Gasteiger partial charge on any atom is -0.481 e. The lowest BCUT2D eigenvalue weighted by molar-refractivity contribution is -0.142. The van der Waals surface area contributed by atoms with Gasteiger partial charge in [0.05, 0.1) is 16.4 Å². The van der Waals surface area contributed by atoms with Gasteiger partial charge in [0.25, 0.3) is 0 Å². The zero-order chi connectivity index (χ0) is 23.8. The van der Waals surface area contributed by atoms with Crippen LogP contribution >= 0.6 is 23.2 Å². The van der Waals surface area contributed by atoms with E-state index in [2.05, 4.69) is 24.1 Å². The number of hydrogen-bond donors (Lipinski definition) is 2. The summed E-state index contributed by atoms with van der Waals surface area (Å²) in [4.78, 5) is 31.0. The zero-order valence-electron chi connectivity index (χ0n) is 18.4. The predicted molar refractivity (Wildman–Crippen MR) is 124 cm³/mol. The number of aliphatic carboxylic acids is 1. The average molecular weight is 491 g/mol. The number of rotatable bonds is 2. The number of nitrogens with one attached hydrogen (secondary N) is 1. The number of carbonyl (C=O) groups is 2. The molecule has 8 heteroatoms. The van der Waals surface area contributed by atoms with Gasteiger partial charge >= 0.3 is 5.97 Å². The Kier molecular flexibility index (Phi) is 5.07.